The predicted octanol–water partition coefficient (Wildman–Crippen LogP) is 2.30. The molecule has 2 heterocycles. The minimum Gasteiger partial charge on any atom is -0.490 e. The Morgan fingerprint density at radius 2 is 1.96 bits per heavy atom. The van der Waals surface area contributed by atoms with E-state index < -0.39 is 0 Å². The monoisotopic (exact) mass is 357 g/mol. The van der Waals surface area contributed by atoms with Crippen LogP contribution in [-0.2, 0) is 6.42 Å². The number of fused-ring (bicyclic) bond motifs is 1. The number of ether oxygens (including phenoxy) is 1. The molecule has 2 aliphatic heterocycles. The van der Waals surface area contributed by atoms with E-state index in [1.807, 2.05) is 18.2 Å². The summed E-state index contributed by atoms with van der Waals surface area (Å²) in [6.07, 6.45) is 6.05. The van der Waals surface area contributed by atoms with Gasteiger partial charge in [-0.2, -0.15) is 0 Å². The Bertz CT molecular complexity index is 661. The lowest BCUT2D eigenvalue weighted by Gasteiger charge is -2.45. The summed E-state index contributed by atoms with van der Waals surface area (Å²) in [6.45, 7) is 7.30. The standard InChI is InChI=1S/C21H31N3O2/c1-16-13-18-14-17(5-6-19(18)26-16)20(25)22-15-21(7-3-4-8-21)24-11-9-23(2)10-12-24/h5-6,14,16H,3-4,7-13,15H2,1-2H3,(H,22,25)/t16-/m0/s1. The number of hydrogen-bond acceptors (Lipinski definition) is 4. The zero-order valence-corrected chi connectivity index (χ0v) is 16.1. The molecule has 1 saturated heterocycles. The Balaban J connectivity index is 1.42. The van der Waals surface area contributed by atoms with E-state index in [-0.39, 0.29) is 17.6 Å². The van der Waals surface area contributed by atoms with Crippen molar-refractivity contribution in [3.05, 3.63) is 29.3 Å². The summed E-state index contributed by atoms with van der Waals surface area (Å²) >= 11 is 0. The molecule has 4 rings (SSSR count). The van der Waals surface area contributed by atoms with Crippen molar-refractivity contribution in [2.24, 2.45) is 0 Å². The van der Waals surface area contributed by atoms with Gasteiger partial charge in [-0.3, -0.25) is 9.69 Å². The highest BCUT2D eigenvalue weighted by Crippen LogP contribution is 2.35. The fourth-order valence-electron chi connectivity index (χ4n) is 4.83. The van der Waals surface area contributed by atoms with E-state index in [1.165, 1.54) is 25.7 Å². The van der Waals surface area contributed by atoms with Gasteiger partial charge in [-0.1, -0.05) is 12.8 Å². The van der Waals surface area contributed by atoms with Crippen LogP contribution in [0.25, 0.3) is 0 Å². The van der Waals surface area contributed by atoms with Crippen LogP contribution in [0.3, 0.4) is 0 Å². The number of carbonyl (C=O) groups excluding carboxylic acids is 1. The Morgan fingerprint density at radius 3 is 2.69 bits per heavy atom. The molecule has 1 atom stereocenters. The second-order valence-corrected chi connectivity index (χ2v) is 8.36. The molecule has 3 aliphatic rings. The zero-order chi connectivity index (χ0) is 18.1. The smallest absolute Gasteiger partial charge is 0.251 e. The predicted molar refractivity (Wildman–Crippen MR) is 103 cm³/mol. The molecule has 5 nitrogen and oxygen atoms in total. The Hall–Kier alpha value is -1.59. The maximum absolute atomic E-state index is 12.8. The van der Waals surface area contributed by atoms with Gasteiger partial charge in [0.2, 0.25) is 0 Å². The molecule has 1 amide bonds. The van der Waals surface area contributed by atoms with Crippen LogP contribution in [0.4, 0.5) is 0 Å². The summed E-state index contributed by atoms with van der Waals surface area (Å²) in [7, 11) is 2.19. The number of benzene rings is 1. The van der Waals surface area contributed by atoms with Crippen molar-refractivity contribution < 1.29 is 9.53 Å². The van der Waals surface area contributed by atoms with Crippen molar-refractivity contribution in [1.82, 2.24) is 15.1 Å². The lowest BCUT2D eigenvalue weighted by atomic mass is 9.93. The Labute approximate surface area is 156 Å². The molecule has 0 radical (unpaired) electrons. The molecule has 0 unspecified atom stereocenters. The van der Waals surface area contributed by atoms with E-state index in [0.717, 1.165) is 56.0 Å². The summed E-state index contributed by atoms with van der Waals surface area (Å²) in [5.74, 6) is 0.978. The third-order valence-electron chi connectivity index (χ3n) is 6.44. The van der Waals surface area contributed by atoms with Gasteiger partial charge in [0.05, 0.1) is 0 Å². The number of rotatable bonds is 4. The molecule has 1 aromatic rings. The van der Waals surface area contributed by atoms with E-state index in [9.17, 15) is 4.79 Å². The SMILES string of the molecule is C[C@H]1Cc2cc(C(=O)NCC3(N4CCN(C)CC4)CCCC3)ccc2O1. The first-order valence-electron chi connectivity index (χ1n) is 10.1. The van der Waals surface area contributed by atoms with E-state index >= 15 is 0 Å². The van der Waals surface area contributed by atoms with E-state index in [0.29, 0.717) is 0 Å². The largest absolute Gasteiger partial charge is 0.490 e. The van der Waals surface area contributed by atoms with Crippen LogP contribution in [-0.4, -0.2) is 67.1 Å². The molecule has 26 heavy (non-hydrogen) atoms. The van der Waals surface area contributed by atoms with E-state index in [2.05, 4.69) is 29.1 Å². The second-order valence-electron chi connectivity index (χ2n) is 8.36. The number of likely N-dealkylation sites (N-methyl/N-ethyl adjacent to an activating group) is 1. The van der Waals surface area contributed by atoms with Crippen LogP contribution >= 0.6 is 0 Å². The van der Waals surface area contributed by atoms with Gasteiger partial charge >= 0.3 is 0 Å². The van der Waals surface area contributed by atoms with E-state index in [4.69, 9.17) is 4.74 Å². The molecule has 142 valence electrons. The van der Waals surface area contributed by atoms with Crippen molar-refractivity contribution >= 4 is 5.91 Å². The average Bonchev–Trinajstić information content (AvgIpc) is 3.26. The lowest BCUT2D eigenvalue weighted by Crippen LogP contribution is -2.59. The van der Waals surface area contributed by atoms with Crippen LogP contribution in [0.1, 0.15) is 48.5 Å². The number of piperazine rings is 1. The van der Waals surface area contributed by atoms with Crippen LogP contribution in [0, 0.1) is 0 Å². The van der Waals surface area contributed by atoms with Crippen LogP contribution in [0.2, 0.25) is 0 Å². The number of carbonyl (C=O) groups is 1. The number of nitrogens with zero attached hydrogens (tertiary/aromatic N) is 2. The highest BCUT2D eigenvalue weighted by atomic mass is 16.5. The number of hydrogen-bond donors (Lipinski definition) is 1. The molecule has 1 N–H and O–H groups in total. The molecule has 1 aromatic carbocycles. The summed E-state index contributed by atoms with van der Waals surface area (Å²) in [5.41, 5.74) is 2.07. The molecule has 0 spiro atoms. The van der Waals surface area contributed by atoms with Gasteiger partial charge in [0, 0.05) is 50.2 Å². The van der Waals surface area contributed by atoms with Crippen LogP contribution in [0.15, 0.2) is 18.2 Å². The fraction of sp³-hybridized carbons (Fsp3) is 0.667. The third kappa shape index (κ3) is 3.47. The maximum Gasteiger partial charge on any atom is 0.251 e. The molecular weight excluding hydrogens is 326 g/mol. The van der Waals surface area contributed by atoms with Gasteiger partial charge in [-0.15, -0.1) is 0 Å². The summed E-state index contributed by atoms with van der Waals surface area (Å²) < 4.78 is 5.74. The van der Waals surface area contributed by atoms with E-state index in [1.54, 1.807) is 0 Å². The van der Waals surface area contributed by atoms with Crippen molar-refractivity contribution in [2.75, 3.05) is 39.8 Å². The first-order chi connectivity index (χ1) is 12.6. The summed E-state index contributed by atoms with van der Waals surface area (Å²) in [4.78, 5) is 17.8. The fourth-order valence-corrected chi connectivity index (χ4v) is 4.83. The topological polar surface area (TPSA) is 44.8 Å². The minimum absolute atomic E-state index is 0.0488. The molecule has 2 fully saturated rings. The molecule has 0 aromatic heterocycles. The third-order valence-corrected chi connectivity index (χ3v) is 6.44. The first kappa shape index (κ1) is 17.8. The van der Waals surface area contributed by atoms with Gasteiger partial charge < -0.3 is 15.0 Å². The van der Waals surface area contributed by atoms with Gasteiger partial charge in [0.25, 0.3) is 5.91 Å². The van der Waals surface area contributed by atoms with Crippen molar-refractivity contribution in [1.29, 1.82) is 0 Å². The van der Waals surface area contributed by atoms with Crippen molar-refractivity contribution in [2.45, 2.75) is 50.7 Å². The van der Waals surface area contributed by atoms with Crippen LogP contribution < -0.4 is 10.1 Å². The Morgan fingerprint density at radius 1 is 1.23 bits per heavy atom. The number of amides is 1. The zero-order valence-electron chi connectivity index (χ0n) is 16.1. The molecule has 1 saturated carbocycles. The second kappa shape index (κ2) is 7.20. The van der Waals surface area contributed by atoms with Gasteiger partial charge in [0.1, 0.15) is 11.9 Å². The van der Waals surface area contributed by atoms with Crippen molar-refractivity contribution in [3.63, 3.8) is 0 Å². The Kier molecular flexibility index (Phi) is 4.93. The van der Waals surface area contributed by atoms with Gasteiger partial charge in [-0.05, 0) is 50.6 Å². The summed E-state index contributed by atoms with van der Waals surface area (Å²) in [5, 5.41) is 3.26. The quantitative estimate of drug-likeness (QED) is 0.898. The summed E-state index contributed by atoms with van der Waals surface area (Å²) in [6, 6.07) is 5.84. The first-order valence-corrected chi connectivity index (χ1v) is 10.1. The van der Waals surface area contributed by atoms with Gasteiger partial charge in [-0.25, -0.2) is 0 Å². The molecule has 0 bridgehead atoms. The highest BCUT2D eigenvalue weighted by molar-refractivity contribution is 5.94. The van der Waals surface area contributed by atoms with Crippen molar-refractivity contribution in [3.8, 4) is 5.75 Å². The lowest BCUT2D eigenvalue weighted by molar-refractivity contribution is 0.0414. The molecular formula is C21H31N3O2. The highest BCUT2D eigenvalue weighted by Gasteiger charge is 2.40. The average molecular weight is 357 g/mol. The maximum atomic E-state index is 12.8. The van der Waals surface area contributed by atoms with Gasteiger partial charge in [0.15, 0.2) is 0 Å². The number of nitrogens with one attached hydrogen (secondary N) is 1. The molecule has 5 heteroatoms. The minimum atomic E-state index is 0.0488. The normalized spacial score (nSPS) is 25.7. The molecule has 1 aliphatic carbocycles. The van der Waals surface area contributed by atoms with Crippen LogP contribution in [0.5, 0.6) is 5.75 Å².